The van der Waals surface area contributed by atoms with E-state index in [-0.39, 0.29) is 0 Å². The first-order chi connectivity index (χ1) is 23.8. The van der Waals surface area contributed by atoms with Crippen LogP contribution in [0, 0.1) is 0 Å². The number of fused-ring (bicyclic) bond motifs is 13. The zero-order valence-electron chi connectivity index (χ0n) is 25.4. The second-order valence-corrected chi connectivity index (χ2v) is 14.5. The van der Waals surface area contributed by atoms with Gasteiger partial charge >= 0.3 is 0 Å². The van der Waals surface area contributed by atoms with Gasteiger partial charge in [-0.3, -0.25) is 9.97 Å². The van der Waals surface area contributed by atoms with Crippen LogP contribution in [0.5, 0.6) is 0 Å². The summed E-state index contributed by atoms with van der Waals surface area (Å²) in [6.45, 7) is 0. The minimum absolute atomic E-state index is 0.923. The van der Waals surface area contributed by atoms with E-state index in [0.717, 1.165) is 49.5 Å². The monoisotopic (exact) mass is 645 g/mol. The zero-order chi connectivity index (χ0) is 31.3. The molecule has 11 aromatic rings. The van der Waals surface area contributed by atoms with Gasteiger partial charge in [-0.2, -0.15) is 0 Å². The van der Waals surface area contributed by atoms with Crippen LogP contribution < -0.4 is 0 Å². The Morgan fingerprint density at radius 2 is 1.15 bits per heavy atom. The van der Waals surface area contributed by atoms with Gasteiger partial charge in [0.25, 0.3) is 0 Å². The lowest BCUT2D eigenvalue weighted by Crippen LogP contribution is -1.93. The maximum Gasteiger partial charge on any atom is 0.0970 e. The van der Waals surface area contributed by atoms with Crippen molar-refractivity contribution in [3.05, 3.63) is 140 Å². The number of hydrogen-bond donors (Lipinski definition) is 0. The Bertz CT molecular complexity index is 3140. The maximum absolute atomic E-state index is 5.45. The molecule has 0 fully saturated rings. The predicted octanol–water partition coefficient (Wildman–Crippen LogP) is 12.6. The van der Waals surface area contributed by atoms with Crippen molar-refractivity contribution in [2.75, 3.05) is 0 Å². The second-order valence-electron chi connectivity index (χ2n) is 12.3. The highest BCUT2D eigenvalue weighted by Crippen LogP contribution is 2.49. The molecule has 3 nitrogen and oxygen atoms in total. The van der Waals surface area contributed by atoms with Crippen molar-refractivity contribution >= 4 is 106 Å². The van der Waals surface area contributed by atoms with E-state index in [1.807, 2.05) is 47.2 Å². The summed E-state index contributed by atoms with van der Waals surface area (Å²) in [6, 6.07) is 46.1. The molecule has 0 saturated carbocycles. The Morgan fingerprint density at radius 1 is 0.438 bits per heavy atom. The van der Waals surface area contributed by atoms with Crippen molar-refractivity contribution in [1.29, 1.82) is 0 Å². The minimum atomic E-state index is 0.923. The lowest BCUT2D eigenvalue weighted by molar-refractivity contribution is 1.37. The Kier molecular flexibility index (Phi) is 5.42. The average Bonchev–Trinajstić information content (AvgIpc) is 3.72. The first-order valence-electron chi connectivity index (χ1n) is 16.0. The van der Waals surface area contributed by atoms with Crippen molar-refractivity contribution in [2.45, 2.75) is 0 Å². The summed E-state index contributed by atoms with van der Waals surface area (Å²) < 4.78 is 5.15. The quantitative estimate of drug-likeness (QED) is 0.176. The summed E-state index contributed by atoms with van der Waals surface area (Å²) in [5.74, 6) is 0. The van der Waals surface area contributed by atoms with E-state index in [4.69, 9.17) is 15.0 Å². The van der Waals surface area contributed by atoms with Gasteiger partial charge in [0, 0.05) is 90.8 Å². The van der Waals surface area contributed by atoms with Crippen LogP contribution in [0.15, 0.2) is 140 Å². The highest BCUT2D eigenvalue weighted by molar-refractivity contribution is 7.26. The number of thiophene rings is 2. The molecule has 0 N–H and O–H groups in total. The van der Waals surface area contributed by atoms with Crippen LogP contribution >= 0.6 is 22.7 Å². The fraction of sp³-hybridized carbons (Fsp3) is 0. The Morgan fingerprint density at radius 3 is 2.04 bits per heavy atom. The molecule has 222 valence electrons. The van der Waals surface area contributed by atoms with E-state index in [0.29, 0.717) is 0 Å². The molecular weight excluding hydrogens is 623 g/mol. The van der Waals surface area contributed by atoms with Crippen LogP contribution in [0.2, 0.25) is 0 Å². The molecular formula is C43H23N3S2. The zero-order valence-corrected chi connectivity index (χ0v) is 27.1. The van der Waals surface area contributed by atoms with Crippen LogP contribution in [0.3, 0.4) is 0 Å². The Labute approximate surface area is 282 Å². The Balaban J connectivity index is 1.35. The molecule has 0 saturated heterocycles. The molecule has 11 rings (SSSR count). The largest absolute Gasteiger partial charge is 0.254 e. The molecule has 5 heterocycles. The molecule has 0 bridgehead atoms. The molecule has 0 atom stereocenters. The van der Waals surface area contributed by atoms with Gasteiger partial charge in [-0.25, -0.2) is 4.98 Å². The van der Waals surface area contributed by atoms with Crippen molar-refractivity contribution in [3.8, 4) is 22.4 Å². The van der Waals surface area contributed by atoms with Crippen LogP contribution in [-0.4, -0.2) is 15.0 Å². The predicted molar refractivity (Wildman–Crippen MR) is 207 cm³/mol. The molecule has 0 aliphatic heterocycles. The summed E-state index contributed by atoms with van der Waals surface area (Å²) in [5, 5.41) is 10.9. The molecule has 0 amide bonds. The summed E-state index contributed by atoms with van der Waals surface area (Å²) in [5.41, 5.74) is 7.34. The van der Waals surface area contributed by atoms with E-state index in [1.165, 1.54) is 56.7 Å². The van der Waals surface area contributed by atoms with Crippen LogP contribution in [0.1, 0.15) is 0 Å². The van der Waals surface area contributed by atoms with Gasteiger partial charge in [-0.05, 0) is 60.2 Å². The fourth-order valence-corrected chi connectivity index (χ4v) is 9.95. The average molecular weight is 646 g/mol. The molecule has 6 aromatic carbocycles. The van der Waals surface area contributed by atoms with Crippen molar-refractivity contribution in [3.63, 3.8) is 0 Å². The summed E-state index contributed by atoms with van der Waals surface area (Å²) in [6.07, 6.45) is 3.72. The van der Waals surface area contributed by atoms with Crippen LogP contribution in [-0.2, 0) is 0 Å². The molecule has 48 heavy (non-hydrogen) atoms. The smallest absolute Gasteiger partial charge is 0.0970 e. The third-order valence-electron chi connectivity index (χ3n) is 9.71. The topological polar surface area (TPSA) is 38.7 Å². The molecule has 0 aliphatic carbocycles. The van der Waals surface area contributed by atoms with Crippen molar-refractivity contribution in [2.24, 2.45) is 0 Å². The number of aromatic nitrogens is 3. The number of hydrogen-bond acceptors (Lipinski definition) is 5. The Hall–Kier alpha value is -5.75. The van der Waals surface area contributed by atoms with Gasteiger partial charge in [0.2, 0.25) is 0 Å². The number of benzene rings is 6. The molecule has 0 unspecified atom stereocenters. The van der Waals surface area contributed by atoms with Gasteiger partial charge in [0.1, 0.15) is 0 Å². The van der Waals surface area contributed by atoms with E-state index in [1.54, 1.807) is 0 Å². The van der Waals surface area contributed by atoms with E-state index >= 15 is 0 Å². The number of nitrogens with zero attached hydrogens (tertiary/aromatic N) is 3. The number of rotatable bonds is 2. The van der Waals surface area contributed by atoms with Crippen LogP contribution in [0.25, 0.3) is 106 Å². The normalized spacial score (nSPS) is 12.2. The van der Waals surface area contributed by atoms with Crippen molar-refractivity contribution < 1.29 is 0 Å². The number of pyridine rings is 3. The SMILES string of the molecule is c1cnc2c(c1)cc(-c1cc3c(-c4ccc5sc6ccccc6c5c4)nc4ccccc4c3c3c1sc1ccccc13)c1cccnc12. The molecule has 0 aliphatic rings. The molecule has 0 radical (unpaired) electrons. The molecule has 5 aromatic heterocycles. The maximum atomic E-state index is 5.45. The van der Waals surface area contributed by atoms with E-state index < -0.39 is 0 Å². The van der Waals surface area contributed by atoms with Gasteiger partial charge in [-0.15, -0.1) is 22.7 Å². The van der Waals surface area contributed by atoms with E-state index in [9.17, 15) is 0 Å². The number of para-hydroxylation sites is 1. The molecule has 5 heteroatoms. The fourth-order valence-electron chi connectivity index (χ4n) is 7.62. The minimum Gasteiger partial charge on any atom is -0.254 e. The third kappa shape index (κ3) is 3.66. The van der Waals surface area contributed by atoms with Crippen LogP contribution in [0.4, 0.5) is 0 Å². The van der Waals surface area contributed by atoms with E-state index in [2.05, 4.69) is 115 Å². The van der Waals surface area contributed by atoms with Gasteiger partial charge in [0.05, 0.1) is 22.2 Å². The third-order valence-corrected chi connectivity index (χ3v) is 12.1. The second kappa shape index (κ2) is 9.88. The standard InChI is InChI=1S/C43H23N3S2/c1-4-14-34-28(11-1)38-33(40(46-34)25-17-18-37-31(22-25)26-10-2-5-15-35(26)47-37)23-32(43-39(38)29-12-3-6-16-36(29)48-43)30-21-24-9-7-19-44-41(24)42-27(30)13-8-20-45-42/h1-23H. The van der Waals surface area contributed by atoms with Gasteiger partial charge < -0.3 is 0 Å². The molecule has 0 spiro atoms. The highest BCUT2D eigenvalue weighted by atomic mass is 32.1. The van der Waals surface area contributed by atoms with Gasteiger partial charge in [0.15, 0.2) is 0 Å². The summed E-state index contributed by atoms with van der Waals surface area (Å²) >= 11 is 3.72. The van der Waals surface area contributed by atoms with Crippen molar-refractivity contribution in [1.82, 2.24) is 15.0 Å². The lowest BCUT2D eigenvalue weighted by atomic mass is 9.90. The first kappa shape index (κ1) is 26.3. The van der Waals surface area contributed by atoms with Gasteiger partial charge in [-0.1, -0.05) is 72.8 Å². The summed E-state index contributed by atoms with van der Waals surface area (Å²) in [7, 11) is 0. The lowest BCUT2D eigenvalue weighted by Gasteiger charge is -2.16. The summed E-state index contributed by atoms with van der Waals surface area (Å²) in [4.78, 5) is 15.1. The first-order valence-corrected chi connectivity index (χ1v) is 17.6. The highest BCUT2D eigenvalue weighted by Gasteiger charge is 2.22.